The van der Waals surface area contributed by atoms with E-state index in [1.165, 1.54) is 5.56 Å². The molecule has 0 spiro atoms. The van der Waals surface area contributed by atoms with Crippen molar-refractivity contribution in [3.05, 3.63) is 48.0 Å². The highest BCUT2D eigenvalue weighted by molar-refractivity contribution is 5.52. The van der Waals surface area contributed by atoms with Crippen LogP contribution < -0.4 is 0 Å². The van der Waals surface area contributed by atoms with Gasteiger partial charge in [-0.15, -0.1) is 0 Å². The zero-order valence-corrected chi connectivity index (χ0v) is 6.86. The summed E-state index contributed by atoms with van der Waals surface area (Å²) >= 11 is 0. The van der Waals surface area contributed by atoms with Crippen molar-refractivity contribution in [3.63, 3.8) is 0 Å². The Bertz CT molecular complexity index is 249. The molecule has 1 radical (unpaired) electrons. The van der Waals surface area contributed by atoms with E-state index in [1.807, 2.05) is 36.6 Å². The molecular formula is C11H11O. The highest BCUT2D eigenvalue weighted by Crippen LogP contribution is 1.99. The number of hydrogen-bond donors (Lipinski definition) is 0. The lowest BCUT2D eigenvalue weighted by Crippen LogP contribution is -1.78. The van der Waals surface area contributed by atoms with Crippen molar-refractivity contribution in [3.8, 4) is 0 Å². The Morgan fingerprint density at radius 3 is 2.58 bits per heavy atom. The molecule has 1 nitrogen and oxygen atoms in total. The van der Waals surface area contributed by atoms with Crippen LogP contribution in [0.4, 0.5) is 0 Å². The van der Waals surface area contributed by atoms with Crippen LogP contribution >= 0.6 is 0 Å². The molecule has 0 aromatic heterocycles. The molecule has 1 aromatic rings. The van der Waals surface area contributed by atoms with Gasteiger partial charge in [-0.1, -0.05) is 42.5 Å². The Kier molecular flexibility index (Phi) is 3.86. The van der Waals surface area contributed by atoms with Gasteiger partial charge in [0.05, 0.1) is 0 Å². The maximum atomic E-state index is 9.84. The Balaban J connectivity index is 2.38. The lowest BCUT2D eigenvalue weighted by molar-refractivity contribution is 0.556. The van der Waals surface area contributed by atoms with Gasteiger partial charge in [0.2, 0.25) is 6.29 Å². The number of benzene rings is 1. The van der Waals surface area contributed by atoms with Gasteiger partial charge in [-0.3, -0.25) is 4.79 Å². The summed E-state index contributed by atoms with van der Waals surface area (Å²) in [5, 5.41) is 0. The fourth-order valence-corrected chi connectivity index (χ4v) is 0.965. The monoisotopic (exact) mass is 159 g/mol. The van der Waals surface area contributed by atoms with E-state index in [2.05, 4.69) is 12.1 Å². The summed E-state index contributed by atoms with van der Waals surface area (Å²) in [6.07, 6.45) is 6.92. The molecule has 0 aliphatic rings. The lowest BCUT2D eigenvalue weighted by Gasteiger charge is -1.92. The fraction of sp³-hybridized carbons (Fsp3) is 0.182. The van der Waals surface area contributed by atoms with Crippen LogP contribution in [-0.4, -0.2) is 6.29 Å². The van der Waals surface area contributed by atoms with Gasteiger partial charge in [0, 0.05) is 6.42 Å². The lowest BCUT2D eigenvalue weighted by atomic mass is 10.1. The van der Waals surface area contributed by atoms with Crippen LogP contribution in [0.25, 0.3) is 0 Å². The second-order valence-corrected chi connectivity index (χ2v) is 2.51. The summed E-state index contributed by atoms with van der Waals surface area (Å²) in [4.78, 5) is 9.84. The molecule has 0 atom stereocenters. The molecule has 0 saturated heterocycles. The normalized spacial score (nSPS) is 10.3. The Hall–Kier alpha value is -1.37. The third kappa shape index (κ3) is 3.15. The number of rotatable bonds is 4. The second kappa shape index (κ2) is 5.30. The van der Waals surface area contributed by atoms with Crippen LogP contribution in [0.5, 0.6) is 0 Å². The molecule has 12 heavy (non-hydrogen) atoms. The zero-order chi connectivity index (χ0) is 8.65. The molecule has 0 unspecified atom stereocenters. The molecule has 0 fully saturated rings. The van der Waals surface area contributed by atoms with Gasteiger partial charge in [-0.2, -0.15) is 0 Å². The standard InChI is InChI=1S/C11H11O/c12-10-6-2-5-9-11-7-3-1-4-8-11/h1-5,7-8H,6,9H2/b5-2+. The van der Waals surface area contributed by atoms with Crippen molar-refractivity contribution in [1.29, 1.82) is 0 Å². The summed E-state index contributed by atoms with van der Waals surface area (Å²) in [5.41, 5.74) is 1.26. The van der Waals surface area contributed by atoms with Crippen LogP contribution in [-0.2, 0) is 11.2 Å². The maximum absolute atomic E-state index is 9.84. The Morgan fingerprint density at radius 1 is 1.17 bits per heavy atom. The number of carbonyl (C=O) groups excluding carboxylic acids is 1. The quantitative estimate of drug-likeness (QED) is 0.616. The molecule has 0 aliphatic heterocycles. The topological polar surface area (TPSA) is 17.1 Å². The highest BCUT2D eigenvalue weighted by atomic mass is 16.1. The first-order valence-electron chi connectivity index (χ1n) is 3.97. The predicted molar refractivity (Wildman–Crippen MR) is 49.6 cm³/mol. The summed E-state index contributed by atoms with van der Waals surface area (Å²) in [5.74, 6) is 0. The van der Waals surface area contributed by atoms with Crippen LogP contribution in [0.15, 0.2) is 42.5 Å². The molecule has 0 amide bonds. The summed E-state index contributed by atoms with van der Waals surface area (Å²) in [7, 11) is 0. The summed E-state index contributed by atoms with van der Waals surface area (Å²) < 4.78 is 0. The van der Waals surface area contributed by atoms with Crippen molar-refractivity contribution < 1.29 is 4.79 Å². The summed E-state index contributed by atoms with van der Waals surface area (Å²) in [6, 6.07) is 10.1. The number of allylic oxidation sites excluding steroid dienone is 2. The van der Waals surface area contributed by atoms with E-state index >= 15 is 0 Å². The van der Waals surface area contributed by atoms with E-state index < -0.39 is 0 Å². The molecular weight excluding hydrogens is 148 g/mol. The van der Waals surface area contributed by atoms with E-state index in [9.17, 15) is 4.79 Å². The molecule has 61 valence electrons. The minimum Gasteiger partial charge on any atom is -0.291 e. The van der Waals surface area contributed by atoms with E-state index in [4.69, 9.17) is 0 Å². The van der Waals surface area contributed by atoms with Crippen molar-refractivity contribution in [1.82, 2.24) is 0 Å². The van der Waals surface area contributed by atoms with Gasteiger partial charge in [-0.25, -0.2) is 0 Å². The minimum atomic E-state index is 0.396. The average Bonchev–Trinajstić information content (AvgIpc) is 2.14. The summed E-state index contributed by atoms with van der Waals surface area (Å²) in [6.45, 7) is 0. The zero-order valence-electron chi connectivity index (χ0n) is 6.86. The molecule has 1 aromatic carbocycles. The highest BCUT2D eigenvalue weighted by Gasteiger charge is 1.84. The third-order valence-electron chi connectivity index (χ3n) is 1.56. The molecule has 1 rings (SSSR count). The van der Waals surface area contributed by atoms with Gasteiger partial charge in [0.1, 0.15) is 0 Å². The molecule has 0 N–H and O–H groups in total. The molecule has 0 heterocycles. The second-order valence-electron chi connectivity index (χ2n) is 2.51. The van der Waals surface area contributed by atoms with Crippen molar-refractivity contribution in [2.45, 2.75) is 12.8 Å². The van der Waals surface area contributed by atoms with Crippen LogP contribution in [0, 0.1) is 0 Å². The third-order valence-corrected chi connectivity index (χ3v) is 1.56. The van der Waals surface area contributed by atoms with Gasteiger partial charge < -0.3 is 0 Å². The SMILES string of the molecule is O=[C]C/C=C/Cc1ccccc1. The first-order valence-corrected chi connectivity index (χ1v) is 3.97. The Labute approximate surface area is 72.7 Å². The van der Waals surface area contributed by atoms with Crippen molar-refractivity contribution >= 4 is 6.29 Å². The molecule has 0 saturated carbocycles. The van der Waals surface area contributed by atoms with Crippen molar-refractivity contribution in [2.24, 2.45) is 0 Å². The smallest absolute Gasteiger partial charge is 0.202 e. The van der Waals surface area contributed by atoms with E-state index in [0.717, 1.165) is 6.42 Å². The first kappa shape index (κ1) is 8.72. The van der Waals surface area contributed by atoms with E-state index in [1.54, 1.807) is 0 Å². The van der Waals surface area contributed by atoms with Crippen LogP contribution in [0.2, 0.25) is 0 Å². The molecule has 0 aliphatic carbocycles. The van der Waals surface area contributed by atoms with Gasteiger partial charge in [0.25, 0.3) is 0 Å². The van der Waals surface area contributed by atoms with E-state index in [-0.39, 0.29) is 0 Å². The van der Waals surface area contributed by atoms with E-state index in [0.29, 0.717) is 6.42 Å². The van der Waals surface area contributed by atoms with Crippen LogP contribution in [0.1, 0.15) is 12.0 Å². The maximum Gasteiger partial charge on any atom is 0.202 e. The Morgan fingerprint density at radius 2 is 1.92 bits per heavy atom. The van der Waals surface area contributed by atoms with Gasteiger partial charge >= 0.3 is 0 Å². The predicted octanol–water partition coefficient (Wildman–Crippen LogP) is 2.29. The molecule has 0 bridgehead atoms. The van der Waals surface area contributed by atoms with Gasteiger partial charge in [0.15, 0.2) is 0 Å². The minimum absolute atomic E-state index is 0.396. The fourth-order valence-electron chi connectivity index (χ4n) is 0.965. The molecule has 1 heteroatoms. The number of hydrogen-bond acceptors (Lipinski definition) is 1. The van der Waals surface area contributed by atoms with Crippen molar-refractivity contribution in [2.75, 3.05) is 0 Å². The van der Waals surface area contributed by atoms with Crippen LogP contribution in [0.3, 0.4) is 0 Å². The first-order chi connectivity index (χ1) is 5.93. The van der Waals surface area contributed by atoms with Gasteiger partial charge in [-0.05, 0) is 12.0 Å². The largest absolute Gasteiger partial charge is 0.291 e. The average molecular weight is 159 g/mol.